The van der Waals surface area contributed by atoms with Crippen LogP contribution in [0.25, 0.3) is 120 Å². The number of hydrogen-bond donors (Lipinski definition) is 0. The summed E-state index contributed by atoms with van der Waals surface area (Å²) in [5.41, 5.74) is 9.35. The highest BCUT2D eigenvalue weighted by Gasteiger charge is 2.18. The van der Waals surface area contributed by atoms with Crippen LogP contribution < -0.4 is 0 Å². The van der Waals surface area contributed by atoms with Crippen LogP contribution in [0.5, 0.6) is 0 Å². The van der Waals surface area contributed by atoms with Crippen molar-refractivity contribution in [2.45, 2.75) is 0 Å². The molecular weight excluding hydrogens is 665 g/mol. The maximum absolute atomic E-state index is 6.52. The third kappa shape index (κ3) is 4.60. The molecule has 0 saturated carbocycles. The second-order valence-corrected chi connectivity index (χ2v) is 14.8. The highest BCUT2D eigenvalue weighted by Crippen LogP contribution is 2.46. The van der Waals surface area contributed by atoms with Crippen LogP contribution in [0.4, 0.5) is 0 Å². The van der Waals surface area contributed by atoms with Crippen molar-refractivity contribution >= 4 is 86.6 Å². The first kappa shape index (κ1) is 30.3. The molecule has 11 aromatic carbocycles. The number of fused-ring (bicyclic) bond motifs is 10. The lowest BCUT2D eigenvalue weighted by Crippen LogP contribution is -1.91. The van der Waals surface area contributed by atoms with Crippen molar-refractivity contribution in [1.29, 1.82) is 0 Å². The molecule has 12 rings (SSSR count). The Labute approximate surface area is 317 Å². The topological polar surface area (TPSA) is 13.1 Å². The molecular formula is C54H32O. The molecule has 0 saturated heterocycles. The molecule has 1 nitrogen and oxygen atoms in total. The first-order chi connectivity index (χ1) is 27.2. The van der Waals surface area contributed by atoms with E-state index in [-0.39, 0.29) is 0 Å². The van der Waals surface area contributed by atoms with Crippen molar-refractivity contribution in [3.05, 3.63) is 194 Å². The van der Waals surface area contributed by atoms with E-state index in [0.29, 0.717) is 0 Å². The molecule has 0 amide bonds. The molecule has 0 radical (unpaired) electrons. The van der Waals surface area contributed by atoms with Gasteiger partial charge in [-0.15, -0.1) is 0 Å². The van der Waals surface area contributed by atoms with Gasteiger partial charge in [-0.1, -0.05) is 152 Å². The zero-order chi connectivity index (χ0) is 36.0. The Balaban J connectivity index is 0.976. The second-order valence-electron chi connectivity index (χ2n) is 14.8. The monoisotopic (exact) mass is 696 g/mol. The van der Waals surface area contributed by atoms with E-state index in [9.17, 15) is 0 Å². The van der Waals surface area contributed by atoms with Crippen LogP contribution in [-0.4, -0.2) is 0 Å². The molecule has 0 unspecified atom stereocenters. The quantitative estimate of drug-likeness (QED) is 0.168. The molecule has 0 bridgehead atoms. The number of rotatable bonds is 3. The van der Waals surface area contributed by atoms with E-state index in [2.05, 4.69) is 194 Å². The molecule has 0 N–H and O–H groups in total. The Bertz CT molecular complexity index is 3490. The van der Waals surface area contributed by atoms with Crippen LogP contribution in [-0.2, 0) is 0 Å². The third-order valence-corrected chi connectivity index (χ3v) is 11.8. The van der Waals surface area contributed by atoms with Gasteiger partial charge in [0, 0.05) is 16.2 Å². The molecule has 0 fully saturated rings. The summed E-state index contributed by atoms with van der Waals surface area (Å²) >= 11 is 0. The van der Waals surface area contributed by atoms with Gasteiger partial charge in [0.25, 0.3) is 0 Å². The molecule has 0 spiro atoms. The van der Waals surface area contributed by atoms with E-state index in [0.717, 1.165) is 27.3 Å². The van der Waals surface area contributed by atoms with E-state index in [1.165, 1.54) is 92.6 Å². The van der Waals surface area contributed by atoms with Crippen molar-refractivity contribution in [2.75, 3.05) is 0 Å². The van der Waals surface area contributed by atoms with Gasteiger partial charge in [-0.3, -0.25) is 0 Å². The van der Waals surface area contributed by atoms with E-state index in [4.69, 9.17) is 4.42 Å². The molecule has 0 aliphatic heterocycles. The average Bonchev–Trinajstić information content (AvgIpc) is 3.61. The van der Waals surface area contributed by atoms with Crippen LogP contribution in [0.1, 0.15) is 0 Å². The van der Waals surface area contributed by atoms with Crippen LogP contribution in [0.2, 0.25) is 0 Å². The lowest BCUT2D eigenvalue weighted by atomic mass is 9.84. The van der Waals surface area contributed by atoms with E-state index in [1.54, 1.807) is 0 Å². The Morgan fingerprint density at radius 1 is 0.255 bits per heavy atom. The smallest absolute Gasteiger partial charge is 0.143 e. The fourth-order valence-electron chi connectivity index (χ4n) is 9.18. The highest BCUT2D eigenvalue weighted by atomic mass is 16.3. The van der Waals surface area contributed by atoms with Crippen LogP contribution in [0.3, 0.4) is 0 Å². The summed E-state index contributed by atoms with van der Waals surface area (Å²) in [6.07, 6.45) is 0. The van der Waals surface area contributed by atoms with Gasteiger partial charge < -0.3 is 4.42 Å². The van der Waals surface area contributed by atoms with Gasteiger partial charge in [0.2, 0.25) is 0 Å². The molecule has 1 aromatic heterocycles. The van der Waals surface area contributed by atoms with E-state index >= 15 is 0 Å². The minimum atomic E-state index is 0.931. The van der Waals surface area contributed by atoms with Crippen LogP contribution >= 0.6 is 0 Å². The van der Waals surface area contributed by atoms with Crippen LogP contribution in [0.15, 0.2) is 199 Å². The summed E-state index contributed by atoms with van der Waals surface area (Å²) < 4.78 is 6.52. The van der Waals surface area contributed by atoms with Crippen molar-refractivity contribution in [2.24, 2.45) is 0 Å². The molecule has 12 aromatic rings. The second kappa shape index (κ2) is 11.6. The fourth-order valence-corrected chi connectivity index (χ4v) is 9.18. The third-order valence-electron chi connectivity index (χ3n) is 11.8. The lowest BCUT2D eigenvalue weighted by Gasteiger charge is -2.19. The minimum absolute atomic E-state index is 0.931. The first-order valence-electron chi connectivity index (χ1n) is 19.0. The fraction of sp³-hybridized carbons (Fsp3) is 0. The maximum atomic E-state index is 6.52. The summed E-state index contributed by atoms with van der Waals surface area (Å²) in [5.74, 6) is 0. The number of hydrogen-bond acceptors (Lipinski definition) is 1. The average molecular weight is 697 g/mol. The highest BCUT2D eigenvalue weighted by molar-refractivity contribution is 6.24. The molecule has 0 aliphatic rings. The van der Waals surface area contributed by atoms with E-state index in [1.807, 2.05) is 0 Å². The van der Waals surface area contributed by atoms with Crippen molar-refractivity contribution in [3.63, 3.8) is 0 Å². The van der Waals surface area contributed by atoms with Gasteiger partial charge in [-0.05, 0) is 135 Å². The number of furan rings is 1. The van der Waals surface area contributed by atoms with Gasteiger partial charge in [0.05, 0.1) is 0 Å². The lowest BCUT2D eigenvalue weighted by molar-refractivity contribution is 0.673. The normalized spacial score (nSPS) is 12.0. The zero-order valence-corrected chi connectivity index (χ0v) is 29.9. The molecule has 1 heterocycles. The predicted molar refractivity (Wildman–Crippen MR) is 235 cm³/mol. The summed E-state index contributed by atoms with van der Waals surface area (Å²) in [7, 11) is 0. The van der Waals surface area contributed by atoms with Gasteiger partial charge in [-0.2, -0.15) is 0 Å². The molecule has 254 valence electrons. The summed E-state index contributed by atoms with van der Waals surface area (Å²) in [6, 6.07) is 71.2. The Kier molecular flexibility index (Phi) is 6.40. The number of benzene rings is 11. The standard InChI is InChI=1S/C54H32O/c1-2-12-35-32-51-50(31-34(35)11-1)49-27-25-40-29-39(24-26-43(40)54(49)55-51)36-20-21-38-30-41(23-22-37(38)28-36)52-45-15-5-7-17-47(45)53(48-18-8-6-16-46(48)52)44-19-9-13-33-10-3-4-14-42(33)44/h1-32H. The molecule has 0 aliphatic carbocycles. The van der Waals surface area contributed by atoms with Crippen molar-refractivity contribution in [1.82, 2.24) is 0 Å². The first-order valence-corrected chi connectivity index (χ1v) is 19.0. The SMILES string of the molecule is c1ccc2cc3c(cc2c1)oc1c2ccc(-c4ccc5cc(-c6c7ccccc7c(-c7cccc8ccccc78)c7ccccc67)ccc5c4)cc2ccc31. The van der Waals surface area contributed by atoms with E-state index < -0.39 is 0 Å². The summed E-state index contributed by atoms with van der Waals surface area (Å²) in [4.78, 5) is 0. The van der Waals surface area contributed by atoms with Crippen molar-refractivity contribution in [3.8, 4) is 33.4 Å². The van der Waals surface area contributed by atoms with Gasteiger partial charge in [0.15, 0.2) is 0 Å². The summed E-state index contributed by atoms with van der Waals surface area (Å²) in [6.45, 7) is 0. The molecule has 0 atom stereocenters. The van der Waals surface area contributed by atoms with Crippen molar-refractivity contribution < 1.29 is 4.42 Å². The molecule has 55 heavy (non-hydrogen) atoms. The van der Waals surface area contributed by atoms with Gasteiger partial charge in [0.1, 0.15) is 11.2 Å². The van der Waals surface area contributed by atoms with Crippen LogP contribution in [0, 0.1) is 0 Å². The Hall–Kier alpha value is -7.22. The Morgan fingerprint density at radius 2 is 0.745 bits per heavy atom. The van der Waals surface area contributed by atoms with Gasteiger partial charge in [-0.25, -0.2) is 0 Å². The maximum Gasteiger partial charge on any atom is 0.143 e. The zero-order valence-electron chi connectivity index (χ0n) is 29.9. The molecule has 1 heteroatoms. The predicted octanol–water partition coefficient (Wildman–Crippen LogP) is 15.5. The Morgan fingerprint density at radius 3 is 1.47 bits per heavy atom. The summed E-state index contributed by atoms with van der Waals surface area (Å²) in [5, 5.41) is 17.1. The largest absolute Gasteiger partial charge is 0.455 e. The minimum Gasteiger partial charge on any atom is -0.455 e. The van der Waals surface area contributed by atoms with Gasteiger partial charge >= 0.3 is 0 Å².